The summed E-state index contributed by atoms with van der Waals surface area (Å²) in [5.41, 5.74) is 12.8. The molecule has 34 heavy (non-hydrogen) atoms. The minimum absolute atomic E-state index is 0.0496. The minimum Gasteiger partial charge on any atom is -0.378 e. The minimum atomic E-state index is -0.336. The Morgan fingerprint density at radius 1 is 1.00 bits per heavy atom. The summed E-state index contributed by atoms with van der Waals surface area (Å²) in [5, 5.41) is 3.83. The first-order valence-electron chi connectivity index (χ1n) is 12.1. The van der Waals surface area contributed by atoms with E-state index >= 15 is 0 Å². The molecule has 2 unspecified atom stereocenters. The first kappa shape index (κ1) is 22.3. The third-order valence-corrected chi connectivity index (χ3v) is 7.20. The molecular weight excluding hydrogens is 418 g/mol. The first-order valence-corrected chi connectivity index (χ1v) is 12.1. The van der Waals surface area contributed by atoms with Gasteiger partial charge in [0.2, 0.25) is 5.91 Å². The Morgan fingerprint density at radius 3 is 2.32 bits per heavy atom. The van der Waals surface area contributed by atoms with Gasteiger partial charge >= 0.3 is 0 Å². The fourth-order valence-electron chi connectivity index (χ4n) is 5.43. The van der Waals surface area contributed by atoms with Crippen LogP contribution in [-0.2, 0) is 16.8 Å². The summed E-state index contributed by atoms with van der Waals surface area (Å²) in [7, 11) is 0. The van der Waals surface area contributed by atoms with Crippen molar-refractivity contribution in [1.29, 1.82) is 0 Å². The van der Waals surface area contributed by atoms with Crippen LogP contribution in [0.3, 0.4) is 0 Å². The van der Waals surface area contributed by atoms with Gasteiger partial charge in [-0.15, -0.1) is 0 Å². The number of primary amides is 1. The number of nitrogens with one attached hydrogen (secondary N) is 1. The predicted octanol–water partition coefficient (Wildman–Crippen LogP) is 6.08. The fourth-order valence-corrected chi connectivity index (χ4v) is 5.43. The number of carbonyl (C=O) groups excluding carboxylic acids is 1. The van der Waals surface area contributed by atoms with Crippen LogP contribution in [0.15, 0.2) is 90.6 Å². The Bertz CT molecular complexity index is 1210. The molecule has 5 rings (SSSR count). The molecule has 0 bridgehead atoms. The number of anilines is 1. The second-order valence-electron chi connectivity index (χ2n) is 10.6. The van der Waals surface area contributed by atoms with Crippen molar-refractivity contribution in [2.24, 2.45) is 11.7 Å². The van der Waals surface area contributed by atoms with E-state index < -0.39 is 0 Å². The van der Waals surface area contributed by atoms with Gasteiger partial charge < -0.3 is 16.0 Å². The summed E-state index contributed by atoms with van der Waals surface area (Å²) >= 11 is 0. The van der Waals surface area contributed by atoms with Gasteiger partial charge in [0.25, 0.3) is 0 Å². The maximum absolute atomic E-state index is 12.4. The van der Waals surface area contributed by atoms with Gasteiger partial charge in [0.15, 0.2) is 0 Å². The predicted molar refractivity (Wildman–Crippen MR) is 138 cm³/mol. The highest BCUT2D eigenvalue weighted by atomic mass is 16.1. The molecule has 0 radical (unpaired) electrons. The molecule has 0 saturated heterocycles. The van der Waals surface area contributed by atoms with E-state index in [9.17, 15) is 4.79 Å². The van der Waals surface area contributed by atoms with E-state index in [1.54, 1.807) is 0 Å². The lowest BCUT2D eigenvalue weighted by Crippen LogP contribution is -2.43. The SMILES string of the molecule is CC(C)(C)c1ccc2c(c1)[C@@H]1C(CC(C(N)=O)=CN1Cc1ccccc1)C(c1ccccc1)N2. The first-order chi connectivity index (χ1) is 16.3. The summed E-state index contributed by atoms with van der Waals surface area (Å²) in [6.45, 7) is 7.48. The van der Waals surface area contributed by atoms with Gasteiger partial charge in [-0.3, -0.25) is 4.79 Å². The zero-order valence-corrected chi connectivity index (χ0v) is 20.2. The van der Waals surface area contributed by atoms with Crippen LogP contribution in [-0.4, -0.2) is 10.8 Å². The lowest BCUT2D eigenvalue weighted by Gasteiger charge is -2.49. The lowest BCUT2D eigenvalue weighted by molar-refractivity contribution is -0.115. The van der Waals surface area contributed by atoms with Gasteiger partial charge in [-0.25, -0.2) is 0 Å². The van der Waals surface area contributed by atoms with E-state index in [0.29, 0.717) is 12.0 Å². The van der Waals surface area contributed by atoms with Crippen LogP contribution in [0.4, 0.5) is 5.69 Å². The van der Waals surface area contributed by atoms with Crippen molar-refractivity contribution in [3.05, 3.63) is 113 Å². The fraction of sp³-hybridized carbons (Fsp3) is 0.300. The molecule has 4 heteroatoms. The van der Waals surface area contributed by atoms with Crippen molar-refractivity contribution in [1.82, 2.24) is 4.90 Å². The highest BCUT2D eigenvalue weighted by Crippen LogP contribution is 2.52. The second kappa shape index (κ2) is 8.68. The molecule has 3 atom stereocenters. The average molecular weight is 452 g/mol. The van der Waals surface area contributed by atoms with Crippen LogP contribution in [0.5, 0.6) is 0 Å². The van der Waals surface area contributed by atoms with Crippen molar-refractivity contribution < 1.29 is 4.79 Å². The zero-order chi connectivity index (χ0) is 23.9. The summed E-state index contributed by atoms with van der Waals surface area (Å²) in [4.78, 5) is 14.7. The summed E-state index contributed by atoms with van der Waals surface area (Å²) in [6, 6.07) is 28.1. The summed E-state index contributed by atoms with van der Waals surface area (Å²) < 4.78 is 0. The quantitative estimate of drug-likeness (QED) is 0.505. The molecule has 3 aromatic carbocycles. The number of hydrogen-bond donors (Lipinski definition) is 2. The molecule has 174 valence electrons. The zero-order valence-electron chi connectivity index (χ0n) is 20.2. The number of fused-ring (bicyclic) bond motifs is 3. The van der Waals surface area contributed by atoms with Crippen LogP contribution in [0.2, 0.25) is 0 Å². The second-order valence-corrected chi connectivity index (χ2v) is 10.6. The number of carbonyl (C=O) groups is 1. The molecule has 2 aliphatic heterocycles. The summed E-state index contributed by atoms with van der Waals surface area (Å²) in [5.74, 6) is -0.168. The van der Waals surface area contributed by atoms with Gasteiger partial charge in [0.1, 0.15) is 0 Å². The van der Waals surface area contributed by atoms with Crippen LogP contribution in [0.25, 0.3) is 0 Å². The third-order valence-electron chi connectivity index (χ3n) is 7.20. The van der Waals surface area contributed by atoms with Crippen LogP contribution < -0.4 is 11.1 Å². The van der Waals surface area contributed by atoms with E-state index in [1.165, 1.54) is 22.3 Å². The molecular formula is C30H33N3O. The van der Waals surface area contributed by atoms with Crippen LogP contribution in [0.1, 0.15) is 61.5 Å². The molecule has 0 aromatic heterocycles. The number of amides is 1. The Kier molecular flexibility index (Phi) is 5.68. The van der Waals surface area contributed by atoms with Gasteiger partial charge in [0.05, 0.1) is 12.1 Å². The van der Waals surface area contributed by atoms with E-state index in [4.69, 9.17) is 5.73 Å². The Morgan fingerprint density at radius 2 is 1.68 bits per heavy atom. The van der Waals surface area contributed by atoms with E-state index in [-0.39, 0.29) is 29.3 Å². The molecule has 3 N–H and O–H groups in total. The Hall–Kier alpha value is -3.53. The smallest absolute Gasteiger partial charge is 0.246 e. The molecule has 4 nitrogen and oxygen atoms in total. The largest absolute Gasteiger partial charge is 0.378 e. The molecule has 2 aliphatic rings. The highest BCUT2D eigenvalue weighted by molar-refractivity contribution is 5.92. The number of nitrogens with zero attached hydrogens (tertiary/aromatic N) is 1. The van der Waals surface area contributed by atoms with Crippen LogP contribution in [0, 0.1) is 5.92 Å². The molecule has 0 aliphatic carbocycles. The van der Waals surface area contributed by atoms with Gasteiger partial charge in [-0.05, 0) is 40.2 Å². The van der Waals surface area contributed by atoms with Crippen molar-refractivity contribution >= 4 is 11.6 Å². The molecule has 0 spiro atoms. The van der Waals surface area contributed by atoms with E-state index in [1.807, 2.05) is 18.3 Å². The van der Waals surface area contributed by atoms with Gasteiger partial charge in [0, 0.05) is 29.9 Å². The maximum atomic E-state index is 12.4. The molecule has 0 saturated carbocycles. The topological polar surface area (TPSA) is 58.4 Å². The number of benzene rings is 3. The number of rotatable bonds is 4. The van der Waals surface area contributed by atoms with Crippen molar-refractivity contribution in [3.8, 4) is 0 Å². The van der Waals surface area contributed by atoms with E-state index in [0.717, 1.165) is 12.2 Å². The standard InChI is InChI=1S/C30H33N3O/c1-30(2,3)23-14-15-26-24(17-23)28-25(27(32-26)21-12-8-5-9-13-21)16-22(29(31)34)19-33(28)18-20-10-6-4-7-11-20/h4-15,17,19,25,27-28,32H,16,18H2,1-3H3,(H2,31,34)/t25?,27?,28-/m1/s1. The normalized spacial score (nSPS) is 21.7. The number of nitrogens with two attached hydrogens (primary N) is 1. The summed E-state index contributed by atoms with van der Waals surface area (Å²) in [6.07, 6.45) is 2.66. The average Bonchev–Trinajstić information content (AvgIpc) is 2.83. The van der Waals surface area contributed by atoms with Crippen molar-refractivity contribution in [3.63, 3.8) is 0 Å². The highest BCUT2D eigenvalue weighted by Gasteiger charge is 2.43. The lowest BCUT2D eigenvalue weighted by atomic mass is 9.72. The molecule has 2 heterocycles. The molecule has 1 amide bonds. The van der Waals surface area contributed by atoms with Crippen LogP contribution >= 0.6 is 0 Å². The maximum Gasteiger partial charge on any atom is 0.246 e. The monoisotopic (exact) mass is 451 g/mol. The molecule has 0 fully saturated rings. The molecule has 3 aromatic rings. The van der Waals surface area contributed by atoms with Gasteiger partial charge in [-0.1, -0.05) is 93.6 Å². The van der Waals surface area contributed by atoms with Crippen molar-refractivity contribution in [2.75, 3.05) is 5.32 Å². The Balaban J connectivity index is 1.67. The number of hydrogen-bond acceptors (Lipinski definition) is 3. The van der Waals surface area contributed by atoms with E-state index in [2.05, 4.69) is 97.7 Å². The van der Waals surface area contributed by atoms with Crippen molar-refractivity contribution in [2.45, 2.75) is 51.2 Å². The van der Waals surface area contributed by atoms with Gasteiger partial charge in [-0.2, -0.15) is 0 Å². The third kappa shape index (κ3) is 4.21. The Labute approximate surface area is 202 Å².